The van der Waals surface area contributed by atoms with Crippen LogP contribution in [0.5, 0.6) is 0 Å². The van der Waals surface area contributed by atoms with Crippen molar-refractivity contribution in [2.24, 2.45) is 0 Å². The molecule has 0 unspecified atom stereocenters. The summed E-state index contributed by atoms with van der Waals surface area (Å²) in [6.07, 6.45) is 0. The Bertz CT molecular complexity index is 1190. The first-order chi connectivity index (χ1) is 14.8. The van der Waals surface area contributed by atoms with Crippen molar-refractivity contribution in [2.75, 3.05) is 31.5 Å². The van der Waals surface area contributed by atoms with E-state index in [0.29, 0.717) is 51.3 Å². The Kier molecular flexibility index (Phi) is 6.08. The van der Waals surface area contributed by atoms with Crippen LogP contribution in [-0.2, 0) is 0 Å². The minimum Gasteiger partial charge on any atom is -0.345 e. The number of carbonyl (C=O) groups is 1. The monoisotopic (exact) mass is 474 g/mol. The molecule has 0 atom stereocenters. The Morgan fingerprint density at radius 1 is 1.16 bits per heavy atom. The zero-order chi connectivity index (χ0) is 22.1. The SMILES string of the molecule is Cc1ccccc1NC(=S)N1CCN(C(=O)c2sc3cc([N+](=O)[O-])ccc3c2Cl)CC1. The number of rotatable bonds is 3. The molecule has 7 nitrogen and oxygen atoms in total. The molecule has 1 saturated heterocycles. The number of thiophene rings is 1. The molecule has 0 saturated carbocycles. The third-order valence-electron chi connectivity index (χ3n) is 5.26. The van der Waals surface area contributed by atoms with Gasteiger partial charge in [-0.3, -0.25) is 14.9 Å². The number of hydrogen-bond donors (Lipinski definition) is 1. The van der Waals surface area contributed by atoms with Gasteiger partial charge in [-0.15, -0.1) is 11.3 Å². The first-order valence-corrected chi connectivity index (χ1v) is 11.2. The van der Waals surface area contributed by atoms with Crippen LogP contribution in [0.4, 0.5) is 11.4 Å². The van der Waals surface area contributed by atoms with E-state index in [2.05, 4.69) is 5.32 Å². The minimum atomic E-state index is -0.457. The number of carbonyl (C=O) groups excluding carboxylic acids is 1. The molecule has 1 aliphatic heterocycles. The number of piperazine rings is 1. The van der Waals surface area contributed by atoms with Gasteiger partial charge >= 0.3 is 0 Å². The topological polar surface area (TPSA) is 78.7 Å². The van der Waals surface area contributed by atoms with E-state index < -0.39 is 4.92 Å². The van der Waals surface area contributed by atoms with Crippen LogP contribution in [0.2, 0.25) is 5.02 Å². The molecule has 0 aliphatic carbocycles. The van der Waals surface area contributed by atoms with Crippen LogP contribution in [0.1, 0.15) is 15.2 Å². The maximum atomic E-state index is 13.1. The van der Waals surface area contributed by atoms with Gasteiger partial charge in [-0.2, -0.15) is 0 Å². The van der Waals surface area contributed by atoms with Gasteiger partial charge in [0.05, 0.1) is 9.95 Å². The van der Waals surface area contributed by atoms with Gasteiger partial charge in [0.25, 0.3) is 11.6 Å². The third kappa shape index (κ3) is 4.34. The van der Waals surface area contributed by atoms with Crippen molar-refractivity contribution in [1.29, 1.82) is 0 Å². The average molecular weight is 475 g/mol. The van der Waals surface area contributed by atoms with Gasteiger partial charge in [0.1, 0.15) is 4.88 Å². The normalized spacial score (nSPS) is 14.0. The number of halogens is 1. The zero-order valence-electron chi connectivity index (χ0n) is 16.6. The molecule has 3 aromatic rings. The molecule has 2 heterocycles. The predicted molar refractivity (Wildman–Crippen MR) is 128 cm³/mol. The molecule has 4 rings (SSSR count). The number of aryl methyl sites for hydroxylation is 1. The molecule has 1 fully saturated rings. The highest BCUT2D eigenvalue weighted by Crippen LogP contribution is 2.38. The maximum absolute atomic E-state index is 13.1. The fourth-order valence-corrected chi connectivity index (χ4v) is 5.27. The van der Waals surface area contributed by atoms with Crippen LogP contribution in [-0.4, -0.2) is 51.9 Å². The summed E-state index contributed by atoms with van der Waals surface area (Å²) >= 11 is 13.2. The van der Waals surface area contributed by atoms with E-state index in [1.54, 1.807) is 11.0 Å². The molecule has 1 aliphatic rings. The second-order valence-electron chi connectivity index (χ2n) is 7.21. The average Bonchev–Trinajstić information content (AvgIpc) is 3.10. The van der Waals surface area contributed by atoms with Gasteiger partial charge in [-0.1, -0.05) is 29.8 Å². The maximum Gasteiger partial charge on any atom is 0.270 e. The summed E-state index contributed by atoms with van der Waals surface area (Å²) in [5.41, 5.74) is 2.06. The molecule has 31 heavy (non-hydrogen) atoms. The number of thiocarbonyl (C=S) groups is 1. The number of nitrogens with one attached hydrogen (secondary N) is 1. The molecule has 0 radical (unpaired) electrons. The van der Waals surface area contributed by atoms with Crippen molar-refractivity contribution in [3.8, 4) is 0 Å². The highest BCUT2D eigenvalue weighted by Gasteiger charge is 2.27. The third-order valence-corrected chi connectivity index (χ3v) is 7.26. The first-order valence-electron chi connectivity index (χ1n) is 9.62. The first kappa shape index (κ1) is 21.5. The molecule has 10 heteroatoms. The Labute approximate surface area is 193 Å². The number of nitro groups is 1. The van der Waals surface area contributed by atoms with Crippen molar-refractivity contribution >= 4 is 67.6 Å². The van der Waals surface area contributed by atoms with Crippen LogP contribution in [0.15, 0.2) is 42.5 Å². The number of nitro benzene ring substituents is 1. The van der Waals surface area contributed by atoms with E-state index in [0.717, 1.165) is 11.3 Å². The number of benzene rings is 2. The van der Waals surface area contributed by atoms with Gasteiger partial charge in [-0.05, 0) is 36.8 Å². The lowest BCUT2D eigenvalue weighted by Crippen LogP contribution is -2.51. The number of nitrogens with zero attached hydrogens (tertiary/aromatic N) is 3. The molecule has 160 valence electrons. The number of para-hydroxylation sites is 1. The number of hydrogen-bond acceptors (Lipinski definition) is 5. The quantitative estimate of drug-likeness (QED) is 0.329. The summed E-state index contributed by atoms with van der Waals surface area (Å²) in [5, 5.41) is 15.9. The Morgan fingerprint density at radius 2 is 1.84 bits per heavy atom. The smallest absolute Gasteiger partial charge is 0.270 e. The molecule has 1 amide bonds. The lowest BCUT2D eigenvalue weighted by atomic mass is 10.2. The second-order valence-corrected chi connectivity index (χ2v) is 9.02. The number of anilines is 1. The molecule has 0 spiro atoms. The summed E-state index contributed by atoms with van der Waals surface area (Å²) in [6, 6.07) is 12.4. The lowest BCUT2D eigenvalue weighted by molar-refractivity contribution is -0.384. The molecule has 0 bridgehead atoms. The van der Waals surface area contributed by atoms with E-state index in [-0.39, 0.29) is 11.6 Å². The van der Waals surface area contributed by atoms with Gasteiger partial charge in [0.15, 0.2) is 5.11 Å². The molecular weight excluding hydrogens is 456 g/mol. The second kappa shape index (κ2) is 8.78. The fraction of sp³-hybridized carbons (Fsp3) is 0.238. The Balaban J connectivity index is 1.43. The fourth-order valence-electron chi connectivity index (χ4n) is 3.47. The van der Waals surface area contributed by atoms with E-state index >= 15 is 0 Å². The van der Waals surface area contributed by atoms with Crippen LogP contribution in [0.25, 0.3) is 10.1 Å². The van der Waals surface area contributed by atoms with E-state index in [4.69, 9.17) is 23.8 Å². The molecule has 1 aromatic heterocycles. The van der Waals surface area contributed by atoms with Gasteiger partial charge in [0, 0.05) is 54.1 Å². The van der Waals surface area contributed by atoms with Gasteiger partial charge in [-0.25, -0.2) is 0 Å². The van der Waals surface area contributed by atoms with Crippen LogP contribution in [0.3, 0.4) is 0 Å². The summed E-state index contributed by atoms with van der Waals surface area (Å²) in [7, 11) is 0. The number of amides is 1. The minimum absolute atomic E-state index is 0.0207. The van der Waals surface area contributed by atoms with Crippen molar-refractivity contribution in [3.05, 3.63) is 68.0 Å². The number of non-ortho nitro benzene ring substituents is 1. The summed E-state index contributed by atoms with van der Waals surface area (Å²) in [4.78, 5) is 27.8. The molecule has 2 aromatic carbocycles. The summed E-state index contributed by atoms with van der Waals surface area (Å²) in [5.74, 6) is -0.161. The number of fused-ring (bicyclic) bond motifs is 1. The van der Waals surface area contributed by atoms with Gasteiger partial charge < -0.3 is 15.1 Å². The van der Waals surface area contributed by atoms with Crippen LogP contribution >= 0.6 is 35.2 Å². The van der Waals surface area contributed by atoms with Crippen molar-refractivity contribution in [3.63, 3.8) is 0 Å². The van der Waals surface area contributed by atoms with Crippen molar-refractivity contribution in [1.82, 2.24) is 9.80 Å². The van der Waals surface area contributed by atoms with Gasteiger partial charge in [0.2, 0.25) is 0 Å². The Morgan fingerprint density at radius 3 is 2.52 bits per heavy atom. The summed E-state index contributed by atoms with van der Waals surface area (Å²) in [6.45, 7) is 4.26. The standard InChI is InChI=1S/C21H19ClN4O3S2/c1-13-4-2-3-5-16(13)23-21(30)25-10-8-24(9-11-25)20(27)19-18(22)15-7-6-14(26(28)29)12-17(15)31-19/h2-7,12H,8-11H2,1H3,(H,23,30). The largest absolute Gasteiger partial charge is 0.345 e. The molecular formula is C21H19ClN4O3S2. The predicted octanol–water partition coefficient (Wildman–Crippen LogP) is 4.93. The van der Waals surface area contributed by atoms with E-state index in [9.17, 15) is 14.9 Å². The molecule has 1 N–H and O–H groups in total. The van der Waals surface area contributed by atoms with Crippen molar-refractivity contribution in [2.45, 2.75) is 6.92 Å². The van der Waals surface area contributed by atoms with E-state index in [1.165, 1.54) is 23.5 Å². The van der Waals surface area contributed by atoms with E-state index in [1.807, 2.05) is 36.1 Å². The Hall–Kier alpha value is -2.75. The zero-order valence-corrected chi connectivity index (χ0v) is 19.0. The van der Waals surface area contributed by atoms with Crippen molar-refractivity contribution < 1.29 is 9.72 Å². The highest BCUT2D eigenvalue weighted by atomic mass is 35.5. The highest BCUT2D eigenvalue weighted by molar-refractivity contribution is 7.80. The summed E-state index contributed by atoms with van der Waals surface area (Å²) < 4.78 is 0.629. The van der Waals surface area contributed by atoms with Crippen LogP contribution in [0, 0.1) is 17.0 Å². The lowest BCUT2D eigenvalue weighted by Gasteiger charge is -2.36. The van der Waals surface area contributed by atoms with Crippen LogP contribution < -0.4 is 5.32 Å².